The van der Waals surface area contributed by atoms with Gasteiger partial charge in [0.15, 0.2) is 0 Å². The zero-order valence-electron chi connectivity index (χ0n) is 11.4. The standard InChI is InChI=1S/C12H12N4O.C3H6/c13-11-4-3-9(15-11)7-1-2-10-8(5-7)6-14-12(17)16-10;1-3-2/h1-3,5H,4,6H2,(H2,13,15)(H2,14,16,17);3H,1H2,2H3. The van der Waals surface area contributed by atoms with Crippen LogP contribution >= 0.6 is 0 Å². The van der Waals surface area contributed by atoms with Crippen LogP contribution in [-0.4, -0.2) is 11.9 Å². The summed E-state index contributed by atoms with van der Waals surface area (Å²) < 4.78 is 0. The number of hydrogen-bond donors (Lipinski definition) is 3. The van der Waals surface area contributed by atoms with Crippen molar-refractivity contribution in [2.45, 2.75) is 19.9 Å². The number of aliphatic imine (C=N–C) groups is 1. The predicted molar refractivity (Wildman–Crippen MR) is 82.4 cm³/mol. The molecule has 20 heavy (non-hydrogen) atoms. The second-order valence-corrected chi connectivity index (χ2v) is 4.48. The van der Waals surface area contributed by atoms with Crippen molar-refractivity contribution in [3.63, 3.8) is 0 Å². The Kier molecular flexibility index (Phi) is 4.20. The van der Waals surface area contributed by atoms with Crippen molar-refractivity contribution in [3.05, 3.63) is 48.1 Å². The Labute approximate surface area is 118 Å². The highest BCUT2D eigenvalue weighted by atomic mass is 16.2. The molecule has 5 heteroatoms. The highest BCUT2D eigenvalue weighted by Gasteiger charge is 2.15. The van der Waals surface area contributed by atoms with E-state index in [4.69, 9.17) is 5.73 Å². The smallest absolute Gasteiger partial charge is 0.319 e. The number of anilines is 1. The van der Waals surface area contributed by atoms with Gasteiger partial charge in [-0.2, -0.15) is 0 Å². The van der Waals surface area contributed by atoms with Crippen LogP contribution < -0.4 is 16.4 Å². The fourth-order valence-corrected chi connectivity index (χ4v) is 1.99. The van der Waals surface area contributed by atoms with Crippen LogP contribution in [0.3, 0.4) is 0 Å². The number of hydrogen-bond acceptors (Lipinski definition) is 3. The normalized spacial score (nSPS) is 15.8. The van der Waals surface area contributed by atoms with E-state index in [1.807, 2.05) is 31.2 Å². The van der Waals surface area contributed by atoms with Crippen LogP contribution in [0.25, 0.3) is 5.70 Å². The number of benzene rings is 1. The molecule has 2 aliphatic heterocycles. The van der Waals surface area contributed by atoms with Crippen LogP contribution in [0.1, 0.15) is 24.5 Å². The van der Waals surface area contributed by atoms with E-state index in [0.29, 0.717) is 18.8 Å². The number of nitrogens with two attached hydrogens (primary N) is 1. The minimum atomic E-state index is -0.160. The highest BCUT2D eigenvalue weighted by Crippen LogP contribution is 2.27. The Hall–Kier alpha value is -2.56. The second kappa shape index (κ2) is 6.06. The van der Waals surface area contributed by atoms with Gasteiger partial charge in [0.25, 0.3) is 0 Å². The third kappa shape index (κ3) is 3.06. The van der Waals surface area contributed by atoms with Gasteiger partial charge in [0.05, 0.1) is 5.70 Å². The van der Waals surface area contributed by atoms with Crippen molar-refractivity contribution >= 4 is 23.3 Å². The summed E-state index contributed by atoms with van der Waals surface area (Å²) in [5.74, 6) is 0.643. The number of nitrogens with one attached hydrogen (secondary N) is 2. The largest absolute Gasteiger partial charge is 0.387 e. The van der Waals surface area contributed by atoms with E-state index in [2.05, 4.69) is 22.2 Å². The van der Waals surface area contributed by atoms with Crippen LogP contribution in [0.5, 0.6) is 0 Å². The number of rotatable bonds is 1. The lowest BCUT2D eigenvalue weighted by molar-refractivity contribution is 0.251. The number of urea groups is 1. The van der Waals surface area contributed by atoms with Crippen molar-refractivity contribution in [3.8, 4) is 0 Å². The molecule has 0 fully saturated rings. The molecule has 0 spiro atoms. The summed E-state index contributed by atoms with van der Waals surface area (Å²) in [5, 5.41) is 5.49. The van der Waals surface area contributed by atoms with Crippen molar-refractivity contribution in [2.75, 3.05) is 5.32 Å². The maximum atomic E-state index is 11.1. The van der Waals surface area contributed by atoms with Gasteiger partial charge < -0.3 is 16.4 Å². The van der Waals surface area contributed by atoms with Gasteiger partial charge in [0, 0.05) is 24.2 Å². The maximum Gasteiger partial charge on any atom is 0.319 e. The number of allylic oxidation sites excluding steroid dienone is 1. The lowest BCUT2D eigenvalue weighted by Crippen LogP contribution is -2.33. The molecule has 104 valence electrons. The Balaban J connectivity index is 0.000000452. The molecule has 3 rings (SSSR count). The first kappa shape index (κ1) is 13.9. The average Bonchev–Trinajstić information content (AvgIpc) is 2.86. The van der Waals surface area contributed by atoms with E-state index in [1.165, 1.54) is 0 Å². The van der Waals surface area contributed by atoms with Gasteiger partial charge in [-0.15, -0.1) is 6.58 Å². The van der Waals surface area contributed by atoms with Crippen molar-refractivity contribution in [1.29, 1.82) is 0 Å². The predicted octanol–water partition coefficient (Wildman–Crippen LogP) is 2.62. The second-order valence-electron chi connectivity index (χ2n) is 4.48. The van der Waals surface area contributed by atoms with Crippen molar-refractivity contribution in [2.24, 2.45) is 10.7 Å². The quantitative estimate of drug-likeness (QED) is 0.686. The van der Waals surface area contributed by atoms with Crippen LogP contribution in [-0.2, 0) is 6.54 Å². The Morgan fingerprint density at radius 2 is 2.20 bits per heavy atom. The monoisotopic (exact) mass is 270 g/mol. The molecule has 5 nitrogen and oxygen atoms in total. The van der Waals surface area contributed by atoms with E-state index in [1.54, 1.807) is 6.08 Å². The summed E-state index contributed by atoms with van der Waals surface area (Å²) in [6.45, 7) is 5.79. The van der Waals surface area contributed by atoms with E-state index in [0.717, 1.165) is 22.5 Å². The molecule has 0 unspecified atom stereocenters. The third-order valence-corrected chi connectivity index (χ3v) is 2.86. The average molecular weight is 270 g/mol. The SMILES string of the molecule is C=CC.NC1=NC(c2ccc3c(c2)CNC(=O)N3)=CC1. The van der Waals surface area contributed by atoms with Crippen molar-refractivity contribution in [1.82, 2.24) is 5.32 Å². The summed E-state index contributed by atoms with van der Waals surface area (Å²) in [6.07, 6.45) is 4.47. The van der Waals surface area contributed by atoms with Gasteiger partial charge in [-0.05, 0) is 24.6 Å². The van der Waals surface area contributed by atoms with Gasteiger partial charge in [0.2, 0.25) is 0 Å². The summed E-state index contributed by atoms with van der Waals surface area (Å²) >= 11 is 0. The number of carbonyl (C=O) groups is 1. The lowest BCUT2D eigenvalue weighted by Gasteiger charge is -2.18. The summed E-state index contributed by atoms with van der Waals surface area (Å²) in [4.78, 5) is 15.4. The van der Waals surface area contributed by atoms with Gasteiger partial charge in [-0.3, -0.25) is 0 Å². The summed E-state index contributed by atoms with van der Waals surface area (Å²) in [5.41, 5.74) is 9.50. The number of amidine groups is 1. The number of fused-ring (bicyclic) bond motifs is 1. The molecule has 0 aromatic heterocycles. The topological polar surface area (TPSA) is 79.5 Å². The first-order valence-electron chi connectivity index (χ1n) is 6.42. The van der Waals surface area contributed by atoms with E-state index in [9.17, 15) is 4.79 Å². The fourth-order valence-electron chi connectivity index (χ4n) is 1.99. The van der Waals surface area contributed by atoms with Gasteiger partial charge in [-0.25, -0.2) is 9.79 Å². The maximum absolute atomic E-state index is 11.1. The number of amides is 2. The number of nitrogens with zero attached hydrogens (tertiary/aromatic N) is 1. The van der Waals surface area contributed by atoms with Crippen LogP contribution in [0.15, 0.2) is 41.9 Å². The van der Waals surface area contributed by atoms with Crippen LogP contribution in [0.2, 0.25) is 0 Å². The molecule has 0 bridgehead atoms. The van der Waals surface area contributed by atoms with Crippen LogP contribution in [0, 0.1) is 0 Å². The van der Waals surface area contributed by atoms with E-state index >= 15 is 0 Å². The third-order valence-electron chi connectivity index (χ3n) is 2.86. The molecule has 1 aromatic rings. The zero-order chi connectivity index (χ0) is 14.5. The molecule has 0 atom stereocenters. The van der Waals surface area contributed by atoms with E-state index < -0.39 is 0 Å². The lowest BCUT2D eigenvalue weighted by atomic mass is 10.0. The molecule has 2 heterocycles. The fraction of sp³-hybridized carbons (Fsp3) is 0.200. The molecule has 0 aliphatic carbocycles. The Bertz CT molecular complexity index is 602. The van der Waals surface area contributed by atoms with Crippen LogP contribution in [0.4, 0.5) is 10.5 Å². The van der Waals surface area contributed by atoms with Gasteiger partial charge in [-0.1, -0.05) is 18.2 Å². The highest BCUT2D eigenvalue weighted by molar-refractivity contribution is 5.95. The Morgan fingerprint density at radius 1 is 1.45 bits per heavy atom. The molecule has 2 aliphatic rings. The van der Waals surface area contributed by atoms with Gasteiger partial charge >= 0.3 is 6.03 Å². The molecule has 4 N–H and O–H groups in total. The minimum Gasteiger partial charge on any atom is -0.387 e. The molecular weight excluding hydrogens is 252 g/mol. The first-order chi connectivity index (χ1) is 9.63. The summed E-state index contributed by atoms with van der Waals surface area (Å²) in [7, 11) is 0. The zero-order valence-corrected chi connectivity index (χ0v) is 11.4. The molecule has 0 radical (unpaired) electrons. The van der Waals surface area contributed by atoms with Gasteiger partial charge in [0.1, 0.15) is 5.84 Å². The minimum absolute atomic E-state index is 0.160. The molecular formula is C15H18N4O. The molecule has 2 amide bonds. The van der Waals surface area contributed by atoms with E-state index in [-0.39, 0.29) is 6.03 Å². The van der Waals surface area contributed by atoms with Crippen molar-refractivity contribution < 1.29 is 4.79 Å². The molecule has 0 saturated carbocycles. The Morgan fingerprint density at radius 3 is 2.85 bits per heavy atom. The molecule has 1 aromatic carbocycles. The summed E-state index contributed by atoms with van der Waals surface area (Å²) in [6, 6.07) is 5.70. The number of carbonyl (C=O) groups excluding carboxylic acids is 1. The molecule has 0 saturated heterocycles. The first-order valence-corrected chi connectivity index (χ1v) is 6.42.